The van der Waals surface area contributed by atoms with E-state index in [1.54, 1.807) is 31.3 Å². The van der Waals surface area contributed by atoms with Gasteiger partial charge in [-0.15, -0.1) is 0 Å². The normalized spacial score (nSPS) is 9.21. The summed E-state index contributed by atoms with van der Waals surface area (Å²) in [6.07, 6.45) is 0. The molecule has 1 aromatic rings. The Bertz CT molecular complexity index is 384. The van der Waals surface area contributed by atoms with Crippen LogP contribution in [0.4, 0.5) is 5.69 Å². The van der Waals surface area contributed by atoms with Crippen molar-refractivity contribution in [3.63, 3.8) is 0 Å². The Hall–Kier alpha value is -1.47. The number of thiol groups is 1. The van der Waals surface area contributed by atoms with Gasteiger partial charge >= 0.3 is 0 Å². The predicted molar refractivity (Wildman–Crippen MR) is 58.4 cm³/mol. The number of amides is 1. The first kappa shape index (κ1) is 10.6. The van der Waals surface area contributed by atoms with Crippen molar-refractivity contribution < 1.29 is 4.79 Å². The van der Waals surface area contributed by atoms with Crippen LogP contribution >= 0.6 is 12.6 Å². The van der Waals surface area contributed by atoms with Crippen LogP contribution < -0.4 is 4.90 Å². The number of benzene rings is 1. The molecule has 1 amide bonds. The minimum absolute atomic E-state index is 0.129. The second kappa shape index (κ2) is 4.68. The number of para-hydroxylation sites is 1. The Morgan fingerprint density at radius 1 is 1.57 bits per heavy atom. The molecule has 0 saturated carbocycles. The zero-order valence-corrected chi connectivity index (χ0v) is 8.66. The molecule has 1 rings (SSSR count). The molecule has 0 aliphatic heterocycles. The number of hydrogen-bond donors (Lipinski definition) is 1. The van der Waals surface area contributed by atoms with Crippen molar-refractivity contribution in [2.75, 3.05) is 17.7 Å². The summed E-state index contributed by atoms with van der Waals surface area (Å²) in [6.45, 7) is 0. The van der Waals surface area contributed by atoms with Crippen LogP contribution in [0.15, 0.2) is 24.3 Å². The Labute approximate surface area is 88.4 Å². The molecule has 4 heteroatoms. The highest BCUT2D eigenvalue weighted by Gasteiger charge is 2.11. The van der Waals surface area contributed by atoms with Crippen LogP contribution in [0.1, 0.15) is 5.56 Å². The van der Waals surface area contributed by atoms with E-state index >= 15 is 0 Å². The zero-order valence-electron chi connectivity index (χ0n) is 7.77. The van der Waals surface area contributed by atoms with Gasteiger partial charge in [0.2, 0.25) is 5.91 Å². The minimum Gasteiger partial charge on any atom is -0.313 e. The minimum atomic E-state index is -0.129. The highest BCUT2D eigenvalue weighted by molar-refractivity contribution is 7.81. The van der Waals surface area contributed by atoms with Crippen LogP contribution in [-0.2, 0) is 4.79 Å². The number of anilines is 1. The average molecular weight is 206 g/mol. The van der Waals surface area contributed by atoms with Crippen LogP contribution in [0.3, 0.4) is 0 Å². The molecule has 0 aromatic heterocycles. The molecule has 14 heavy (non-hydrogen) atoms. The topological polar surface area (TPSA) is 44.1 Å². The molecule has 0 heterocycles. The maximum Gasteiger partial charge on any atom is 0.236 e. The summed E-state index contributed by atoms with van der Waals surface area (Å²) in [5.74, 6) is 0.00651. The lowest BCUT2D eigenvalue weighted by atomic mass is 10.2. The van der Waals surface area contributed by atoms with E-state index in [0.29, 0.717) is 11.3 Å². The zero-order chi connectivity index (χ0) is 10.6. The lowest BCUT2D eigenvalue weighted by Gasteiger charge is -2.17. The number of hydrogen-bond acceptors (Lipinski definition) is 3. The van der Waals surface area contributed by atoms with Gasteiger partial charge in [0.25, 0.3) is 0 Å². The first-order chi connectivity index (χ1) is 6.70. The van der Waals surface area contributed by atoms with Crippen molar-refractivity contribution in [2.45, 2.75) is 0 Å². The maximum absolute atomic E-state index is 11.3. The van der Waals surface area contributed by atoms with Crippen LogP contribution in [0.25, 0.3) is 0 Å². The molecule has 0 aliphatic rings. The molecule has 0 fully saturated rings. The number of carbonyl (C=O) groups excluding carboxylic acids is 1. The van der Waals surface area contributed by atoms with Gasteiger partial charge in [0.15, 0.2) is 0 Å². The highest BCUT2D eigenvalue weighted by atomic mass is 32.1. The monoisotopic (exact) mass is 206 g/mol. The standard InChI is InChI=1S/C10H10N2OS/c1-12(10(13)7-14)9-5-3-2-4-8(9)6-11/h2-5,14H,7H2,1H3. The fourth-order valence-electron chi connectivity index (χ4n) is 1.10. The van der Waals surface area contributed by atoms with Gasteiger partial charge in [0.1, 0.15) is 6.07 Å². The van der Waals surface area contributed by atoms with Crippen molar-refractivity contribution in [3.05, 3.63) is 29.8 Å². The van der Waals surface area contributed by atoms with E-state index in [9.17, 15) is 4.79 Å². The molecule has 0 spiro atoms. The fraction of sp³-hybridized carbons (Fsp3) is 0.200. The maximum atomic E-state index is 11.3. The van der Waals surface area contributed by atoms with Crippen LogP contribution in [-0.4, -0.2) is 18.7 Å². The Morgan fingerprint density at radius 3 is 2.79 bits per heavy atom. The van der Waals surface area contributed by atoms with Gasteiger partial charge in [-0.1, -0.05) is 12.1 Å². The van der Waals surface area contributed by atoms with E-state index in [1.807, 2.05) is 6.07 Å². The first-order valence-electron chi connectivity index (χ1n) is 4.07. The molecule has 72 valence electrons. The molecule has 3 nitrogen and oxygen atoms in total. The second-order valence-electron chi connectivity index (χ2n) is 2.74. The summed E-state index contributed by atoms with van der Waals surface area (Å²) in [5.41, 5.74) is 1.11. The molecular formula is C10H10N2OS. The largest absolute Gasteiger partial charge is 0.313 e. The van der Waals surface area contributed by atoms with E-state index in [-0.39, 0.29) is 11.7 Å². The van der Waals surface area contributed by atoms with Crippen LogP contribution in [0.2, 0.25) is 0 Å². The van der Waals surface area contributed by atoms with Gasteiger partial charge in [-0.25, -0.2) is 0 Å². The summed E-state index contributed by atoms with van der Waals surface area (Å²) in [6, 6.07) is 9.01. The van der Waals surface area contributed by atoms with Gasteiger partial charge in [-0.2, -0.15) is 17.9 Å². The molecule has 0 saturated heterocycles. The molecule has 0 bridgehead atoms. The molecule has 1 aromatic carbocycles. The van der Waals surface area contributed by atoms with Crippen molar-refractivity contribution in [1.82, 2.24) is 0 Å². The predicted octanol–water partition coefficient (Wildman–Crippen LogP) is 1.45. The van der Waals surface area contributed by atoms with Gasteiger partial charge in [0.05, 0.1) is 17.0 Å². The summed E-state index contributed by atoms with van der Waals surface area (Å²) in [5, 5.41) is 8.81. The van der Waals surface area contributed by atoms with Crippen LogP contribution in [0.5, 0.6) is 0 Å². The fourth-order valence-corrected chi connectivity index (χ4v) is 1.31. The van der Waals surface area contributed by atoms with Gasteiger partial charge in [-0.05, 0) is 12.1 Å². The third-order valence-corrected chi connectivity index (χ3v) is 2.17. The molecule has 0 unspecified atom stereocenters. The van der Waals surface area contributed by atoms with E-state index < -0.39 is 0 Å². The SMILES string of the molecule is CN(C(=O)CS)c1ccccc1C#N. The summed E-state index contributed by atoms with van der Waals surface area (Å²) >= 11 is 3.89. The quantitative estimate of drug-likeness (QED) is 0.744. The van der Waals surface area contributed by atoms with Crippen molar-refractivity contribution in [2.24, 2.45) is 0 Å². The van der Waals surface area contributed by atoms with E-state index in [4.69, 9.17) is 5.26 Å². The van der Waals surface area contributed by atoms with Gasteiger partial charge in [-0.3, -0.25) is 4.79 Å². The third-order valence-electron chi connectivity index (χ3n) is 1.90. The molecular weight excluding hydrogens is 196 g/mol. The highest BCUT2D eigenvalue weighted by Crippen LogP contribution is 2.18. The molecule has 0 radical (unpaired) electrons. The lowest BCUT2D eigenvalue weighted by molar-refractivity contribution is -0.115. The van der Waals surface area contributed by atoms with Crippen molar-refractivity contribution >= 4 is 24.2 Å². The average Bonchev–Trinajstić information content (AvgIpc) is 2.26. The Kier molecular flexibility index (Phi) is 3.55. The van der Waals surface area contributed by atoms with Gasteiger partial charge < -0.3 is 4.90 Å². The number of carbonyl (C=O) groups is 1. The second-order valence-corrected chi connectivity index (χ2v) is 3.06. The van der Waals surface area contributed by atoms with Gasteiger partial charge in [0, 0.05) is 7.05 Å². The summed E-state index contributed by atoms with van der Waals surface area (Å²) < 4.78 is 0. The van der Waals surface area contributed by atoms with E-state index in [1.165, 1.54) is 4.90 Å². The van der Waals surface area contributed by atoms with Crippen LogP contribution in [0, 0.1) is 11.3 Å². The summed E-state index contributed by atoms with van der Waals surface area (Å²) in [7, 11) is 1.63. The molecule has 0 atom stereocenters. The van der Waals surface area contributed by atoms with Crippen molar-refractivity contribution in [1.29, 1.82) is 5.26 Å². The Balaban J connectivity index is 3.07. The lowest BCUT2D eigenvalue weighted by Crippen LogP contribution is -2.27. The first-order valence-corrected chi connectivity index (χ1v) is 4.70. The smallest absolute Gasteiger partial charge is 0.236 e. The number of rotatable bonds is 2. The molecule has 0 N–H and O–H groups in total. The molecule has 0 aliphatic carbocycles. The third kappa shape index (κ3) is 2.06. The Morgan fingerprint density at radius 2 is 2.21 bits per heavy atom. The number of nitrogens with zero attached hydrogens (tertiary/aromatic N) is 2. The van der Waals surface area contributed by atoms with E-state index in [0.717, 1.165) is 0 Å². The van der Waals surface area contributed by atoms with Crippen molar-refractivity contribution in [3.8, 4) is 6.07 Å². The summed E-state index contributed by atoms with van der Waals surface area (Å²) in [4.78, 5) is 12.8. The number of nitriles is 1. The van der Waals surface area contributed by atoms with E-state index in [2.05, 4.69) is 12.6 Å².